The third kappa shape index (κ3) is 1.72. The molecule has 1 rings (SSSR count). The summed E-state index contributed by atoms with van der Waals surface area (Å²) in [6.45, 7) is 3.68. The smallest absolute Gasteiger partial charge is 0.251 e. The van der Waals surface area contributed by atoms with Crippen LogP contribution in [0.1, 0.15) is 5.56 Å². The van der Waals surface area contributed by atoms with Crippen molar-refractivity contribution in [3.05, 3.63) is 42.5 Å². The van der Waals surface area contributed by atoms with Crippen LogP contribution in [-0.2, 0) is 4.79 Å². The second-order valence-electron chi connectivity index (χ2n) is 2.42. The zero-order valence-electron chi connectivity index (χ0n) is 7.00. The van der Waals surface area contributed by atoms with Gasteiger partial charge in [-0.25, -0.2) is 0 Å². The van der Waals surface area contributed by atoms with Gasteiger partial charge in [-0.2, -0.15) is 0 Å². The fourth-order valence-electron chi connectivity index (χ4n) is 0.921. The minimum atomic E-state index is -0.138. The van der Waals surface area contributed by atoms with Crippen molar-refractivity contribution in [2.24, 2.45) is 0 Å². The number of nitrogens with one attached hydrogen (secondary N) is 1. The van der Waals surface area contributed by atoms with Crippen LogP contribution >= 0.6 is 0 Å². The summed E-state index contributed by atoms with van der Waals surface area (Å²) < 4.78 is 0. The highest BCUT2D eigenvalue weighted by molar-refractivity contribution is 6.18. The average molecular weight is 161 g/mol. The van der Waals surface area contributed by atoms with Gasteiger partial charge in [-0.1, -0.05) is 36.9 Å². The Morgan fingerprint density at radius 1 is 1.33 bits per heavy atom. The summed E-state index contributed by atoms with van der Waals surface area (Å²) in [6.07, 6.45) is 0. The molecule has 0 aliphatic heterocycles. The molecule has 0 saturated carbocycles. The van der Waals surface area contributed by atoms with Crippen LogP contribution in [0.2, 0.25) is 0 Å². The number of carbonyl (C=O) groups excluding carboxylic acids is 1. The van der Waals surface area contributed by atoms with Crippen molar-refractivity contribution in [3.8, 4) is 0 Å². The minimum Gasteiger partial charge on any atom is -0.355 e. The summed E-state index contributed by atoms with van der Waals surface area (Å²) in [7, 11) is 1.59. The van der Waals surface area contributed by atoms with Gasteiger partial charge in [-0.15, -0.1) is 0 Å². The standard InChI is InChI=1S/C10H11NO/c1-8(10(12)11-2)9-6-4-3-5-7-9/h3-7H,1H2,2H3,(H,11,12). The number of amides is 1. The summed E-state index contributed by atoms with van der Waals surface area (Å²) in [6, 6.07) is 9.38. The lowest BCUT2D eigenvalue weighted by molar-refractivity contribution is -0.115. The lowest BCUT2D eigenvalue weighted by Gasteiger charge is -2.02. The van der Waals surface area contributed by atoms with Gasteiger partial charge >= 0.3 is 0 Å². The Morgan fingerprint density at radius 2 is 1.92 bits per heavy atom. The SMILES string of the molecule is C=C(C(=O)NC)c1ccccc1. The molecule has 1 N–H and O–H groups in total. The minimum absolute atomic E-state index is 0.138. The summed E-state index contributed by atoms with van der Waals surface area (Å²) in [4.78, 5) is 11.1. The number of likely N-dealkylation sites (N-methyl/N-ethyl adjacent to an activating group) is 1. The van der Waals surface area contributed by atoms with Crippen LogP contribution in [0.25, 0.3) is 5.57 Å². The lowest BCUT2D eigenvalue weighted by Crippen LogP contribution is -2.18. The third-order valence-electron chi connectivity index (χ3n) is 1.62. The van der Waals surface area contributed by atoms with Crippen molar-refractivity contribution in [2.75, 3.05) is 7.05 Å². The number of benzene rings is 1. The van der Waals surface area contributed by atoms with Crippen LogP contribution in [0.4, 0.5) is 0 Å². The topological polar surface area (TPSA) is 29.1 Å². The molecule has 0 atom stereocenters. The van der Waals surface area contributed by atoms with E-state index in [4.69, 9.17) is 0 Å². The average Bonchev–Trinajstić information content (AvgIpc) is 2.17. The molecule has 0 aliphatic rings. The van der Waals surface area contributed by atoms with E-state index in [1.165, 1.54) is 0 Å². The first-order chi connectivity index (χ1) is 5.75. The molecule has 62 valence electrons. The predicted molar refractivity (Wildman–Crippen MR) is 49.5 cm³/mol. The van der Waals surface area contributed by atoms with Crippen LogP contribution in [0.3, 0.4) is 0 Å². The highest BCUT2D eigenvalue weighted by atomic mass is 16.1. The van der Waals surface area contributed by atoms with Gasteiger partial charge in [0.25, 0.3) is 5.91 Å². The zero-order valence-corrected chi connectivity index (χ0v) is 7.00. The molecular weight excluding hydrogens is 150 g/mol. The van der Waals surface area contributed by atoms with Crippen molar-refractivity contribution in [1.29, 1.82) is 0 Å². The summed E-state index contributed by atoms with van der Waals surface area (Å²) >= 11 is 0. The van der Waals surface area contributed by atoms with Gasteiger partial charge in [0.15, 0.2) is 0 Å². The van der Waals surface area contributed by atoms with E-state index in [9.17, 15) is 4.79 Å². The maximum atomic E-state index is 11.1. The van der Waals surface area contributed by atoms with Gasteiger partial charge in [0, 0.05) is 12.6 Å². The van der Waals surface area contributed by atoms with Crippen LogP contribution < -0.4 is 5.32 Å². The Kier molecular flexibility index (Phi) is 2.64. The lowest BCUT2D eigenvalue weighted by atomic mass is 10.1. The maximum absolute atomic E-state index is 11.1. The molecule has 1 aromatic rings. The van der Waals surface area contributed by atoms with E-state index in [2.05, 4.69) is 11.9 Å². The highest BCUT2D eigenvalue weighted by Gasteiger charge is 2.04. The summed E-state index contributed by atoms with van der Waals surface area (Å²) in [5, 5.41) is 2.52. The maximum Gasteiger partial charge on any atom is 0.251 e. The fraction of sp³-hybridized carbons (Fsp3) is 0.100. The van der Waals surface area contributed by atoms with E-state index in [-0.39, 0.29) is 5.91 Å². The first-order valence-corrected chi connectivity index (χ1v) is 3.72. The van der Waals surface area contributed by atoms with Crippen LogP contribution in [0.5, 0.6) is 0 Å². The molecule has 0 aromatic heterocycles. The Morgan fingerprint density at radius 3 is 2.42 bits per heavy atom. The molecule has 1 aromatic carbocycles. The zero-order chi connectivity index (χ0) is 8.97. The molecule has 0 spiro atoms. The van der Waals surface area contributed by atoms with E-state index in [0.717, 1.165) is 5.56 Å². The molecule has 12 heavy (non-hydrogen) atoms. The first-order valence-electron chi connectivity index (χ1n) is 3.72. The Bertz CT molecular complexity index is 290. The summed E-state index contributed by atoms with van der Waals surface area (Å²) in [5.41, 5.74) is 1.36. The molecule has 0 heterocycles. The summed E-state index contributed by atoms with van der Waals surface area (Å²) in [5.74, 6) is -0.138. The van der Waals surface area contributed by atoms with Crippen molar-refractivity contribution in [2.45, 2.75) is 0 Å². The number of hydrogen-bond acceptors (Lipinski definition) is 1. The molecule has 0 fully saturated rings. The van der Waals surface area contributed by atoms with Gasteiger partial charge in [-0.3, -0.25) is 4.79 Å². The second kappa shape index (κ2) is 3.72. The molecule has 2 nitrogen and oxygen atoms in total. The molecule has 0 saturated heterocycles. The number of carbonyl (C=O) groups is 1. The molecule has 0 radical (unpaired) electrons. The third-order valence-corrected chi connectivity index (χ3v) is 1.62. The van der Waals surface area contributed by atoms with Gasteiger partial charge in [0.2, 0.25) is 0 Å². The van der Waals surface area contributed by atoms with Crippen molar-refractivity contribution in [3.63, 3.8) is 0 Å². The molecule has 0 unspecified atom stereocenters. The van der Waals surface area contributed by atoms with E-state index < -0.39 is 0 Å². The molecule has 1 amide bonds. The van der Waals surface area contributed by atoms with E-state index in [0.29, 0.717) is 5.57 Å². The molecule has 0 aliphatic carbocycles. The number of rotatable bonds is 2. The number of hydrogen-bond donors (Lipinski definition) is 1. The van der Waals surface area contributed by atoms with Crippen LogP contribution in [0.15, 0.2) is 36.9 Å². The quantitative estimate of drug-likeness (QED) is 0.653. The van der Waals surface area contributed by atoms with E-state index >= 15 is 0 Å². The van der Waals surface area contributed by atoms with E-state index in [1.54, 1.807) is 7.05 Å². The van der Waals surface area contributed by atoms with Crippen LogP contribution in [0, 0.1) is 0 Å². The van der Waals surface area contributed by atoms with Crippen molar-refractivity contribution in [1.82, 2.24) is 5.32 Å². The van der Waals surface area contributed by atoms with Gasteiger partial charge in [-0.05, 0) is 5.56 Å². The normalized spacial score (nSPS) is 9.08. The van der Waals surface area contributed by atoms with Gasteiger partial charge in [0.05, 0.1) is 0 Å². The molecule has 0 bridgehead atoms. The Hall–Kier alpha value is -1.57. The second-order valence-corrected chi connectivity index (χ2v) is 2.42. The highest BCUT2D eigenvalue weighted by Crippen LogP contribution is 2.10. The van der Waals surface area contributed by atoms with E-state index in [1.807, 2.05) is 30.3 Å². The Balaban J connectivity index is 2.86. The van der Waals surface area contributed by atoms with Crippen molar-refractivity contribution >= 4 is 11.5 Å². The molecular formula is C10H11NO. The van der Waals surface area contributed by atoms with Gasteiger partial charge < -0.3 is 5.32 Å². The monoisotopic (exact) mass is 161 g/mol. The largest absolute Gasteiger partial charge is 0.355 e. The van der Waals surface area contributed by atoms with Crippen LogP contribution in [-0.4, -0.2) is 13.0 Å². The molecule has 2 heteroatoms. The first kappa shape index (κ1) is 8.53. The predicted octanol–water partition coefficient (Wildman–Crippen LogP) is 1.45. The fourth-order valence-corrected chi connectivity index (χ4v) is 0.921. The Labute approximate surface area is 71.9 Å². The van der Waals surface area contributed by atoms with Crippen molar-refractivity contribution < 1.29 is 4.79 Å². The van der Waals surface area contributed by atoms with Gasteiger partial charge in [0.1, 0.15) is 0 Å².